The fourth-order valence-corrected chi connectivity index (χ4v) is 3.15. The number of thioether (sulfide) groups is 1. The molecule has 0 amide bonds. The summed E-state index contributed by atoms with van der Waals surface area (Å²) in [6, 6.07) is 3.00. The minimum absolute atomic E-state index is 0. The monoisotopic (exact) mass is 410 g/mol. The molecule has 0 bridgehead atoms. The van der Waals surface area contributed by atoms with E-state index < -0.39 is 0 Å². The molecule has 1 unspecified atom stereocenters. The van der Waals surface area contributed by atoms with Crippen LogP contribution in [-0.4, -0.2) is 35.5 Å². The van der Waals surface area contributed by atoms with Crippen molar-refractivity contribution in [2.24, 2.45) is 4.99 Å². The minimum atomic E-state index is -0.295. The van der Waals surface area contributed by atoms with Gasteiger partial charge in [-0.2, -0.15) is 11.8 Å². The van der Waals surface area contributed by atoms with Crippen molar-refractivity contribution in [2.45, 2.75) is 24.6 Å². The summed E-state index contributed by atoms with van der Waals surface area (Å²) in [5, 5.41) is 7.00. The molecule has 112 valence electrons. The summed E-state index contributed by atoms with van der Waals surface area (Å²) in [6.07, 6.45) is 4.14. The summed E-state index contributed by atoms with van der Waals surface area (Å²) >= 11 is 1.99. The Hall–Kier alpha value is -0.570. The normalized spacial score (nSPS) is 18.5. The molecule has 0 spiro atoms. The predicted octanol–water partition coefficient (Wildman–Crippen LogP) is 2.40. The van der Waals surface area contributed by atoms with Gasteiger partial charge in [0.1, 0.15) is 5.82 Å². The van der Waals surface area contributed by atoms with Gasteiger partial charge in [-0.1, -0.05) is 0 Å². The first-order chi connectivity index (χ1) is 9.29. The number of guanidine groups is 1. The molecule has 7 heteroatoms. The van der Waals surface area contributed by atoms with E-state index in [0.29, 0.717) is 23.4 Å². The van der Waals surface area contributed by atoms with Gasteiger partial charge in [-0.15, -0.1) is 24.0 Å². The number of aliphatic imine (C=N–C) groups is 1. The number of hydrogen-bond donors (Lipinski definition) is 2. The van der Waals surface area contributed by atoms with Crippen LogP contribution in [0.3, 0.4) is 0 Å². The number of pyridine rings is 1. The van der Waals surface area contributed by atoms with Gasteiger partial charge in [0, 0.05) is 25.0 Å². The summed E-state index contributed by atoms with van der Waals surface area (Å²) in [4.78, 5) is 8.13. The Kier molecular flexibility index (Phi) is 8.20. The second-order valence-corrected chi connectivity index (χ2v) is 5.78. The fourth-order valence-electron chi connectivity index (χ4n) is 1.95. The maximum Gasteiger partial charge on any atom is 0.191 e. The number of rotatable bonds is 4. The Morgan fingerprint density at radius 2 is 2.40 bits per heavy atom. The first-order valence-corrected chi connectivity index (χ1v) is 7.50. The summed E-state index contributed by atoms with van der Waals surface area (Å²) in [6.45, 7) is 1.24. The molecular weight excluding hydrogens is 390 g/mol. The lowest BCUT2D eigenvalue weighted by Crippen LogP contribution is -2.40. The van der Waals surface area contributed by atoms with E-state index in [1.165, 1.54) is 24.7 Å². The van der Waals surface area contributed by atoms with E-state index in [0.717, 1.165) is 6.54 Å². The molecule has 0 saturated carbocycles. The molecule has 0 radical (unpaired) electrons. The van der Waals surface area contributed by atoms with Gasteiger partial charge in [0.25, 0.3) is 0 Å². The van der Waals surface area contributed by atoms with E-state index in [9.17, 15) is 4.39 Å². The van der Waals surface area contributed by atoms with Gasteiger partial charge < -0.3 is 10.6 Å². The van der Waals surface area contributed by atoms with Crippen molar-refractivity contribution < 1.29 is 4.39 Å². The maximum absolute atomic E-state index is 13.4. The van der Waals surface area contributed by atoms with Gasteiger partial charge in [-0.25, -0.2) is 4.39 Å². The Bertz CT molecular complexity index is 438. The SMILES string of the molecule is CN=C(NCc1ncccc1F)NCC1CCCS1.I. The Morgan fingerprint density at radius 3 is 3.05 bits per heavy atom. The number of nitrogens with one attached hydrogen (secondary N) is 2. The summed E-state index contributed by atoms with van der Waals surface area (Å²) in [7, 11) is 1.71. The van der Waals surface area contributed by atoms with Gasteiger partial charge in [0.2, 0.25) is 0 Å². The molecule has 1 aromatic heterocycles. The van der Waals surface area contributed by atoms with Crippen molar-refractivity contribution in [3.05, 3.63) is 29.8 Å². The molecule has 0 aromatic carbocycles. The van der Waals surface area contributed by atoms with Crippen LogP contribution in [0.2, 0.25) is 0 Å². The van der Waals surface area contributed by atoms with E-state index >= 15 is 0 Å². The lowest BCUT2D eigenvalue weighted by atomic mass is 10.2. The molecule has 1 fully saturated rings. The van der Waals surface area contributed by atoms with E-state index in [1.54, 1.807) is 19.3 Å². The summed E-state index contributed by atoms with van der Waals surface area (Å²) in [5.41, 5.74) is 0.403. The minimum Gasteiger partial charge on any atom is -0.355 e. The van der Waals surface area contributed by atoms with Crippen molar-refractivity contribution in [2.75, 3.05) is 19.3 Å². The smallest absolute Gasteiger partial charge is 0.191 e. The Labute approximate surface area is 140 Å². The molecule has 1 aromatic rings. The average molecular weight is 410 g/mol. The highest BCUT2D eigenvalue weighted by Crippen LogP contribution is 2.25. The highest BCUT2D eigenvalue weighted by atomic mass is 127. The van der Waals surface area contributed by atoms with Crippen LogP contribution in [0.15, 0.2) is 23.3 Å². The van der Waals surface area contributed by atoms with Crippen LogP contribution in [0, 0.1) is 5.82 Å². The van der Waals surface area contributed by atoms with Crippen LogP contribution in [0.25, 0.3) is 0 Å². The first-order valence-electron chi connectivity index (χ1n) is 6.45. The fraction of sp³-hybridized carbons (Fsp3) is 0.538. The van der Waals surface area contributed by atoms with E-state index in [4.69, 9.17) is 0 Å². The van der Waals surface area contributed by atoms with Crippen LogP contribution in [0.4, 0.5) is 4.39 Å². The molecule has 20 heavy (non-hydrogen) atoms. The molecule has 2 rings (SSSR count). The van der Waals surface area contributed by atoms with E-state index in [1.807, 2.05) is 11.8 Å². The topological polar surface area (TPSA) is 49.3 Å². The van der Waals surface area contributed by atoms with Crippen molar-refractivity contribution in [3.63, 3.8) is 0 Å². The van der Waals surface area contributed by atoms with Crippen LogP contribution in [0.1, 0.15) is 18.5 Å². The Balaban J connectivity index is 0.00000200. The molecular formula is C13H20FIN4S. The lowest BCUT2D eigenvalue weighted by Gasteiger charge is -2.14. The quantitative estimate of drug-likeness (QED) is 0.455. The lowest BCUT2D eigenvalue weighted by molar-refractivity contribution is 0.592. The van der Waals surface area contributed by atoms with Crippen LogP contribution in [-0.2, 0) is 6.54 Å². The largest absolute Gasteiger partial charge is 0.355 e. The molecule has 2 N–H and O–H groups in total. The number of nitrogens with zero attached hydrogens (tertiary/aromatic N) is 2. The maximum atomic E-state index is 13.4. The van der Waals surface area contributed by atoms with Crippen molar-refractivity contribution >= 4 is 41.7 Å². The molecule has 1 aliphatic rings. The highest BCUT2D eigenvalue weighted by Gasteiger charge is 2.15. The standard InChI is InChI=1S/C13H19FN4S.HI/c1-15-13(17-8-10-4-3-7-19-10)18-9-12-11(14)5-2-6-16-12;/h2,5-6,10H,3-4,7-9H2,1H3,(H2,15,17,18);1H. The van der Waals surface area contributed by atoms with Gasteiger partial charge >= 0.3 is 0 Å². The van der Waals surface area contributed by atoms with Crippen molar-refractivity contribution in [3.8, 4) is 0 Å². The van der Waals surface area contributed by atoms with Crippen molar-refractivity contribution in [1.29, 1.82) is 0 Å². The van der Waals surface area contributed by atoms with Gasteiger partial charge in [-0.05, 0) is 30.7 Å². The third-order valence-corrected chi connectivity index (χ3v) is 4.40. The molecule has 2 heterocycles. The second-order valence-electron chi connectivity index (χ2n) is 4.37. The average Bonchev–Trinajstić information content (AvgIpc) is 2.94. The number of aromatic nitrogens is 1. The third-order valence-electron chi connectivity index (χ3n) is 3.00. The van der Waals surface area contributed by atoms with E-state index in [-0.39, 0.29) is 29.8 Å². The predicted molar refractivity (Wildman–Crippen MR) is 93.3 cm³/mol. The zero-order valence-corrected chi connectivity index (χ0v) is 14.6. The van der Waals surface area contributed by atoms with Crippen LogP contribution < -0.4 is 10.6 Å². The molecule has 4 nitrogen and oxygen atoms in total. The molecule has 0 aliphatic carbocycles. The van der Waals surface area contributed by atoms with Gasteiger partial charge in [0.15, 0.2) is 5.96 Å². The van der Waals surface area contributed by atoms with Crippen LogP contribution in [0.5, 0.6) is 0 Å². The first kappa shape index (κ1) is 17.5. The third kappa shape index (κ3) is 5.43. The van der Waals surface area contributed by atoms with E-state index in [2.05, 4.69) is 20.6 Å². The molecule has 1 saturated heterocycles. The molecule has 1 aliphatic heterocycles. The number of hydrogen-bond acceptors (Lipinski definition) is 3. The number of halogens is 2. The zero-order chi connectivity index (χ0) is 13.5. The summed E-state index contributed by atoms with van der Waals surface area (Å²) < 4.78 is 13.4. The van der Waals surface area contributed by atoms with Gasteiger partial charge in [-0.3, -0.25) is 9.98 Å². The zero-order valence-electron chi connectivity index (χ0n) is 11.4. The second kappa shape index (κ2) is 9.38. The molecule has 1 atom stereocenters. The van der Waals surface area contributed by atoms with Crippen LogP contribution >= 0.6 is 35.7 Å². The Morgan fingerprint density at radius 1 is 1.55 bits per heavy atom. The van der Waals surface area contributed by atoms with Gasteiger partial charge in [0.05, 0.1) is 12.2 Å². The van der Waals surface area contributed by atoms with Crippen molar-refractivity contribution in [1.82, 2.24) is 15.6 Å². The highest BCUT2D eigenvalue weighted by molar-refractivity contribution is 14.0. The summed E-state index contributed by atoms with van der Waals surface area (Å²) in [5.74, 6) is 1.65.